The Kier molecular flexibility index (Phi) is 4.45. The molecule has 0 aromatic heterocycles. The average molecular weight is 298 g/mol. The normalized spacial score (nSPS) is 11.1. The lowest BCUT2D eigenvalue weighted by molar-refractivity contribution is -0.132. The number of rotatable bonds is 3. The van der Waals surface area contributed by atoms with Gasteiger partial charge in [-0.25, -0.2) is 4.79 Å². The second-order valence-electron chi connectivity index (χ2n) is 3.61. The van der Waals surface area contributed by atoms with Gasteiger partial charge in [0.05, 0.1) is 5.69 Å². The maximum absolute atomic E-state index is 11.5. The first-order valence-corrected chi connectivity index (χ1v) is 5.68. The van der Waals surface area contributed by atoms with Crippen molar-refractivity contribution >= 4 is 33.5 Å². The van der Waals surface area contributed by atoms with Crippen molar-refractivity contribution in [3.8, 4) is 0 Å². The number of halogens is 1. The molecule has 0 fully saturated rings. The number of carbonyl (C=O) groups is 2. The summed E-state index contributed by atoms with van der Waals surface area (Å²) in [5.74, 6) is -1.57. The average Bonchev–Trinajstić information content (AvgIpc) is 2.22. The Hall–Kier alpha value is -1.62. The van der Waals surface area contributed by atoms with Gasteiger partial charge in [0.25, 0.3) is 0 Å². The molecule has 0 saturated heterocycles. The first-order chi connectivity index (χ1) is 7.90. The summed E-state index contributed by atoms with van der Waals surface area (Å²) in [5, 5.41) is 11.2. The molecule has 0 aliphatic rings. The molecule has 0 aliphatic heterocycles. The molecule has 1 rings (SSSR count). The van der Waals surface area contributed by atoms with Crippen LogP contribution in [0.5, 0.6) is 0 Å². The summed E-state index contributed by atoms with van der Waals surface area (Å²) < 4.78 is 0.757. The summed E-state index contributed by atoms with van der Waals surface area (Å²) in [6.07, 6.45) is 1.05. The molecule has 90 valence electrons. The minimum atomic E-state index is -1.11. The van der Waals surface area contributed by atoms with Crippen LogP contribution in [0.1, 0.15) is 12.5 Å². The number of carboxylic acid groups (broad SMARTS) is 1. The molecule has 1 aromatic rings. The van der Waals surface area contributed by atoms with Gasteiger partial charge in [-0.2, -0.15) is 0 Å². The largest absolute Gasteiger partial charge is 0.478 e. The van der Waals surface area contributed by atoms with E-state index < -0.39 is 11.9 Å². The van der Waals surface area contributed by atoms with E-state index >= 15 is 0 Å². The van der Waals surface area contributed by atoms with Crippen LogP contribution in [0, 0.1) is 6.92 Å². The van der Waals surface area contributed by atoms with Crippen molar-refractivity contribution in [2.24, 2.45) is 0 Å². The number of anilines is 1. The second kappa shape index (κ2) is 5.63. The molecule has 0 bridgehead atoms. The third-order valence-electron chi connectivity index (χ3n) is 2.07. The SMILES string of the molecule is C/C(=C\C(=O)Nc1ccc(C)cc1Br)C(=O)O. The fourth-order valence-electron chi connectivity index (χ4n) is 1.15. The molecule has 0 spiro atoms. The maximum Gasteiger partial charge on any atom is 0.331 e. The minimum absolute atomic E-state index is 0.00858. The lowest BCUT2D eigenvalue weighted by Gasteiger charge is -2.06. The quantitative estimate of drug-likeness (QED) is 0.843. The van der Waals surface area contributed by atoms with Gasteiger partial charge in [0.1, 0.15) is 0 Å². The lowest BCUT2D eigenvalue weighted by Crippen LogP contribution is -2.11. The fraction of sp³-hybridized carbons (Fsp3) is 0.167. The summed E-state index contributed by atoms with van der Waals surface area (Å²) in [6, 6.07) is 5.47. The number of amides is 1. The smallest absolute Gasteiger partial charge is 0.331 e. The van der Waals surface area contributed by atoms with E-state index in [0.717, 1.165) is 16.1 Å². The predicted octanol–water partition coefficient (Wildman–Crippen LogP) is 2.73. The Bertz CT molecular complexity index is 495. The minimum Gasteiger partial charge on any atom is -0.478 e. The van der Waals surface area contributed by atoms with E-state index in [1.165, 1.54) is 6.92 Å². The van der Waals surface area contributed by atoms with Crippen LogP contribution in [-0.2, 0) is 9.59 Å². The van der Waals surface area contributed by atoms with Crippen LogP contribution in [0.2, 0.25) is 0 Å². The summed E-state index contributed by atoms with van der Waals surface area (Å²) in [7, 11) is 0. The van der Waals surface area contributed by atoms with Crippen LogP contribution < -0.4 is 5.32 Å². The number of carbonyl (C=O) groups excluding carboxylic acids is 1. The number of aliphatic carboxylic acids is 1. The zero-order valence-electron chi connectivity index (χ0n) is 9.45. The molecule has 0 atom stereocenters. The molecule has 4 nitrogen and oxygen atoms in total. The van der Waals surface area contributed by atoms with Gasteiger partial charge in [-0.15, -0.1) is 0 Å². The number of aryl methyl sites for hydroxylation is 1. The summed E-state index contributed by atoms with van der Waals surface area (Å²) >= 11 is 3.32. The van der Waals surface area contributed by atoms with E-state index in [-0.39, 0.29) is 5.57 Å². The van der Waals surface area contributed by atoms with Crippen molar-refractivity contribution in [1.29, 1.82) is 0 Å². The van der Waals surface area contributed by atoms with Crippen LogP contribution in [0.4, 0.5) is 5.69 Å². The molecule has 0 unspecified atom stereocenters. The molecule has 1 amide bonds. The van der Waals surface area contributed by atoms with Crippen LogP contribution in [-0.4, -0.2) is 17.0 Å². The van der Waals surface area contributed by atoms with E-state index in [0.29, 0.717) is 5.69 Å². The van der Waals surface area contributed by atoms with Crippen molar-refractivity contribution in [2.75, 3.05) is 5.32 Å². The number of carboxylic acids is 1. The molecule has 0 radical (unpaired) electrons. The highest BCUT2D eigenvalue weighted by molar-refractivity contribution is 9.10. The predicted molar refractivity (Wildman–Crippen MR) is 68.9 cm³/mol. The van der Waals surface area contributed by atoms with E-state index in [9.17, 15) is 9.59 Å². The van der Waals surface area contributed by atoms with Crippen molar-refractivity contribution in [1.82, 2.24) is 0 Å². The van der Waals surface area contributed by atoms with Crippen molar-refractivity contribution in [3.63, 3.8) is 0 Å². The fourth-order valence-corrected chi connectivity index (χ4v) is 1.74. The molecule has 0 heterocycles. The first-order valence-electron chi connectivity index (χ1n) is 4.89. The Morgan fingerprint density at radius 2 is 2.06 bits per heavy atom. The summed E-state index contributed by atoms with van der Waals surface area (Å²) in [5.41, 5.74) is 1.66. The molecule has 1 aromatic carbocycles. The monoisotopic (exact) mass is 297 g/mol. The molecule has 0 saturated carbocycles. The van der Waals surface area contributed by atoms with Gasteiger partial charge >= 0.3 is 5.97 Å². The zero-order chi connectivity index (χ0) is 13.0. The van der Waals surface area contributed by atoms with Gasteiger partial charge in [0.2, 0.25) is 5.91 Å². The zero-order valence-corrected chi connectivity index (χ0v) is 11.0. The number of hydrogen-bond donors (Lipinski definition) is 2. The molecule has 17 heavy (non-hydrogen) atoms. The van der Waals surface area contributed by atoms with Crippen LogP contribution in [0.3, 0.4) is 0 Å². The third kappa shape index (κ3) is 4.03. The molecular formula is C12H12BrNO3. The molecular weight excluding hydrogens is 286 g/mol. The van der Waals surface area contributed by atoms with Crippen molar-refractivity contribution < 1.29 is 14.7 Å². The number of nitrogens with one attached hydrogen (secondary N) is 1. The third-order valence-corrected chi connectivity index (χ3v) is 2.72. The highest BCUT2D eigenvalue weighted by Crippen LogP contribution is 2.23. The first kappa shape index (κ1) is 13.4. The van der Waals surface area contributed by atoms with Gasteiger partial charge in [-0.1, -0.05) is 6.07 Å². The molecule has 0 aliphatic carbocycles. The summed E-state index contributed by atoms with van der Waals surface area (Å²) in [6.45, 7) is 3.30. The van der Waals surface area contributed by atoms with Crippen LogP contribution in [0.15, 0.2) is 34.3 Å². The van der Waals surface area contributed by atoms with Gasteiger partial charge in [-0.05, 0) is 47.5 Å². The van der Waals surface area contributed by atoms with Gasteiger partial charge in [-0.3, -0.25) is 4.79 Å². The standard InChI is InChI=1S/C12H12BrNO3/c1-7-3-4-10(9(13)5-7)14-11(15)6-8(2)12(16)17/h3-6H,1-2H3,(H,14,15)(H,16,17)/b8-6+. The highest BCUT2D eigenvalue weighted by atomic mass is 79.9. The van der Waals surface area contributed by atoms with E-state index in [2.05, 4.69) is 21.2 Å². The Morgan fingerprint density at radius 3 is 2.59 bits per heavy atom. The highest BCUT2D eigenvalue weighted by Gasteiger charge is 2.06. The van der Waals surface area contributed by atoms with Crippen LogP contribution in [0.25, 0.3) is 0 Å². The maximum atomic E-state index is 11.5. The number of benzene rings is 1. The Balaban J connectivity index is 2.82. The van der Waals surface area contributed by atoms with Crippen LogP contribution >= 0.6 is 15.9 Å². The van der Waals surface area contributed by atoms with E-state index in [4.69, 9.17) is 5.11 Å². The van der Waals surface area contributed by atoms with Gasteiger partial charge < -0.3 is 10.4 Å². The second-order valence-corrected chi connectivity index (χ2v) is 4.46. The van der Waals surface area contributed by atoms with Crippen molar-refractivity contribution in [2.45, 2.75) is 13.8 Å². The molecule has 5 heteroatoms. The Morgan fingerprint density at radius 1 is 1.41 bits per heavy atom. The topological polar surface area (TPSA) is 66.4 Å². The van der Waals surface area contributed by atoms with Crippen molar-refractivity contribution in [3.05, 3.63) is 39.9 Å². The van der Waals surface area contributed by atoms with Gasteiger partial charge in [0.15, 0.2) is 0 Å². The van der Waals surface area contributed by atoms with Gasteiger partial charge in [0, 0.05) is 16.1 Å². The number of hydrogen-bond acceptors (Lipinski definition) is 2. The van der Waals surface area contributed by atoms with E-state index in [1.807, 2.05) is 19.1 Å². The van der Waals surface area contributed by atoms with E-state index in [1.54, 1.807) is 6.07 Å². The molecule has 2 N–H and O–H groups in total. The lowest BCUT2D eigenvalue weighted by atomic mass is 10.2. The summed E-state index contributed by atoms with van der Waals surface area (Å²) in [4.78, 5) is 22.0. The Labute approximate surface area is 107 Å².